The average molecular weight is 290 g/mol. The van der Waals surface area contributed by atoms with Crippen LogP contribution in [0.4, 0.5) is 0 Å². The molecular weight excluding hydrogens is 268 g/mol. The van der Waals surface area contributed by atoms with E-state index in [1.165, 1.54) is 5.56 Å². The van der Waals surface area contributed by atoms with Crippen molar-refractivity contribution in [3.63, 3.8) is 0 Å². The Morgan fingerprint density at radius 3 is 2.67 bits per heavy atom. The number of esters is 1. The Hall–Kier alpha value is -1.88. The standard InChI is InChI=1S/C16H22N2O3/c17-16(18)12-7-5-11(6-8-12)3-1-2-4-14-9-13(19)10-15(20)21-14/h5-8,13-14,19H,1-4,9-10H2,(H3,17,18)/t13-,14+/m1/s1. The Labute approximate surface area is 124 Å². The highest BCUT2D eigenvalue weighted by Gasteiger charge is 2.26. The maximum atomic E-state index is 11.2. The van der Waals surface area contributed by atoms with Crippen LogP contribution in [0.25, 0.3) is 0 Å². The van der Waals surface area contributed by atoms with E-state index in [-0.39, 0.29) is 24.3 Å². The normalized spacial score (nSPS) is 21.9. The Morgan fingerprint density at radius 2 is 2.05 bits per heavy atom. The zero-order valence-corrected chi connectivity index (χ0v) is 12.0. The number of aryl methyl sites for hydroxylation is 1. The van der Waals surface area contributed by atoms with Gasteiger partial charge in [-0.25, -0.2) is 0 Å². The quantitative estimate of drug-likeness (QED) is 0.322. The van der Waals surface area contributed by atoms with Crippen molar-refractivity contribution >= 4 is 11.8 Å². The van der Waals surface area contributed by atoms with Crippen LogP contribution in [0.5, 0.6) is 0 Å². The van der Waals surface area contributed by atoms with Crippen molar-refractivity contribution in [1.29, 1.82) is 5.41 Å². The summed E-state index contributed by atoms with van der Waals surface area (Å²) in [4.78, 5) is 11.2. The molecule has 0 spiro atoms. The van der Waals surface area contributed by atoms with E-state index in [9.17, 15) is 9.90 Å². The highest BCUT2D eigenvalue weighted by Crippen LogP contribution is 2.20. The maximum Gasteiger partial charge on any atom is 0.308 e. The number of nitrogens with two attached hydrogens (primary N) is 1. The number of aliphatic hydroxyl groups is 1. The summed E-state index contributed by atoms with van der Waals surface area (Å²) in [6, 6.07) is 7.69. The molecule has 5 heteroatoms. The molecule has 0 bridgehead atoms. The van der Waals surface area contributed by atoms with Gasteiger partial charge in [0.15, 0.2) is 0 Å². The molecule has 0 aliphatic carbocycles. The number of aliphatic hydroxyl groups excluding tert-OH is 1. The SMILES string of the molecule is N=C(N)c1ccc(CCCC[C@H]2C[C@@H](O)CC(=O)O2)cc1. The van der Waals surface area contributed by atoms with Gasteiger partial charge in [0.05, 0.1) is 12.5 Å². The predicted molar refractivity (Wildman–Crippen MR) is 80.1 cm³/mol. The second-order valence-corrected chi connectivity index (χ2v) is 5.56. The number of unbranched alkanes of at least 4 members (excludes halogenated alkanes) is 1. The van der Waals surface area contributed by atoms with Gasteiger partial charge in [0.25, 0.3) is 0 Å². The minimum absolute atomic E-state index is 0.0826. The van der Waals surface area contributed by atoms with Crippen LogP contribution < -0.4 is 5.73 Å². The third-order valence-corrected chi connectivity index (χ3v) is 3.74. The lowest BCUT2D eigenvalue weighted by Gasteiger charge is -2.25. The molecule has 114 valence electrons. The predicted octanol–water partition coefficient (Wildman–Crippen LogP) is 1.75. The topological polar surface area (TPSA) is 96.4 Å². The van der Waals surface area contributed by atoms with Crippen molar-refractivity contribution in [3.8, 4) is 0 Å². The molecule has 1 aromatic rings. The molecule has 1 fully saturated rings. The lowest BCUT2D eigenvalue weighted by Crippen LogP contribution is -2.32. The van der Waals surface area contributed by atoms with Crippen molar-refractivity contribution in [1.82, 2.24) is 0 Å². The van der Waals surface area contributed by atoms with Crippen LogP contribution >= 0.6 is 0 Å². The van der Waals surface area contributed by atoms with Crippen LogP contribution in [0.2, 0.25) is 0 Å². The summed E-state index contributed by atoms with van der Waals surface area (Å²) >= 11 is 0. The second-order valence-electron chi connectivity index (χ2n) is 5.56. The van der Waals surface area contributed by atoms with Crippen LogP contribution in [0.15, 0.2) is 24.3 Å². The number of ether oxygens (including phenoxy) is 1. The molecular formula is C16H22N2O3. The van der Waals surface area contributed by atoms with Crippen molar-refractivity contribution in [3.05, 3.63) is 35.4 Å². The van der Waals surface area contributed by atoms with Crippen molar-refractivity contribution in [2.24, 2.45) is 5.73 Å². The smallest absolute Gasteiger partial charge is 0.308 e. The summed E-state index contributed by atoms with van der Waals surface area (Å²) < 4.78 is 5.21. The van der Waals surface area contributed by atoms with Gasteiger partial charge in [-0.2, -0.15) is 0 Å². The molecule has 2 atom stereocenters. The number of amidine groups is 1. The third-order valence-electron chi connectivity index (χ3n) is 3.74. The summed E-state index contributed by atoms with van der Waals surface area (Å²) in [5, 5.41) is 16.9. The van der Waals surface area contributed by atoms with Crippen molar-refractivity contribution < 1.29 is 14.6 Å². The number of nitrogens with one attached hydrogen (secondary N) is 1. The Morgan fingerprint density at radius 1 is 1.33 bits per heavy atom. The molecule has 2 rings (SSSR count). The van der Waals surface area contributed by atoms with Crippen molar-refractivity contribution in [2.45, 2.75) is 50.7 Å². The van der Waals surface area contributed by atoms with Gasteiger partial charge in [0.1, 0.15) is 11.9 Å². The van der Waals surface area contributed by atoms with E-state index in [0.717, 1.165) is 31.2 Å². The molecule has 5 nitrogen and oxygen atoms in total. The monoisotopic (exact) mass is 290 g/mol. The number of rotatable bonds is 6. The van der Waals surface area contributed by atoms with E-state index in [2.05, 4.69) is 0 Å². The molecule has 21 heavy (non-hydrogen) atoms. The van der Waals surface area contributed by atoms with E-state index < -0.39 is 6.10 Å². The molecule has 4 N–H and O–H groups in total. The molecule has 1 heterocycles. The molecule has 1 aromatic carbocycles. The molecule has 1 aliphatic heterocycles. The van der Waals surface area contributed by atoms with Crippen LogP contribution in [-0.2, 0) is 16.0 Å². The summed E-state index contributed by atoms with van der Waals surface area (Å²) in [5.74, 6) is -0.210. The molecule has 1 aliphatic rings. The number of nitrogen functional groups attached to an aromatic ring is 1. The van der Waals surface area contributed by atoms with Crippen LogP contribution in [0.1, 0.15) is 43.2 Å². The first-order valence-electron chi connectivity index (χ1n) is 7.35. The van der Waals surface area contributed by atoms with Crippen molar-refractivity contribution in [2.75, 3.05) is 0 Å². The van der Waals surface area contributed by atoms with E-state index >= 15 is 0 Å². The van der Waals surface area contributed by atoms with Gasteiger partial charge < -0.3 is 15.6 Å². The number of cyclic esters (lactones) is 1. The number of hydrogen-bond acceptors (Lipinski definition) is 4. The van der Waals surface area contributed by atoms with Crippen LogP contribution in [0, 0.1) is 5.41 Å². The van der Waals surface area contributed by atoms with E-state index in [4.69, 9.17) is 15.9 Å². The highest BCUT2D eigenvalue weighted by molar-refractivity contribution is 5.94. The van der Waals surface area contributed by atoms with Crippen LogP contribution in [0.3, 0.4) is 0 Å². The minimum Gasteiger partial charge on any atom is -0.462 e. The zero-order chi connectivity index (χ0) is 15.2. The molecule has 0 aromatic heterocycles. The van der Waals surface area contributed by atoms with Gasteiger partial charge in [-0.3, -0.25) is 10.2 Å². The van der Waals surface area contributed by atoms with Gasteiger partial charge in [0.2, 0.25) is 0 Å². The fourth-order valence-electron chi connectivity index (χ4n) is 2.59. The number of hydrogen-bond donors (Lipinski definition) is 3. The first kappa shape index (κ1) is 15.5. The maximum absolute atomic E-state index is 11.2. The van der Waals surface area contributed by atoms with Gasteiger partial charge in [-0.15, -0.1) is 0 Å². The second kappa shape index (κ2) is 7.22. The minimum atomic E-state index is -0.546. The zero-order valence-electron chi connectivity index (χ0n) is 12.0. The van der Waals surface area contributed by atoms with Gasteiger partial charge in [-0.1, -0.05) is 24.3 Å². The fourth-order valence-corrected chi connectivity index (χ4v) is 2.59. The average Bonchev–Trinajstić information content (AvgIpc) is 2.43. The van der Waals surface area contributed by atoms with E-state index in [1.54, 1.807) is 0 Å². The molecule has 1 saturated heterocycles. The fraction of sp³-hybridized carbons (Fsp3) is 0.500. The summed E-state index contributed by atoms with van der Waals surface area (Å²) in [7, 11) is 0. The Kier molecular flexibility index (Phi) is 5.33. The Balaban J connectivity index is 1.69. The summed E-state index contributed by atoms with van der Waals surface area (Å²) in [5.41, 5.74) is 7.36. The number of carbonyl (C=O) groups excluding carboxylic acids is 1. The van der Waals surface area contributed by atoms with Crippen LogP contribution in [-0.4, -0.2) is 29.1 Å². The first-order valence-corrected chi connectivity index (χ1v) is 7.35. The number of carbonyl (C=O) groups is 1. The molecule has 0 saturated carbocycles. The van der Waals surface area contributed by atoms with Gasteiger partial charge >= 0.3 is 5.97 Å². The first-order chi connectivity index (χ1) is 10.0. The van der Waals surface area contributed by atoms with E-state index in [0.29, 0.717) is 6.42 Å². The van der Waals surface area contributed by atoms with E-state index in [1.807, 2.05) is 24.3 Å². The van der Waals surface area contributed by atoms with Gasteiger partial charge in [-0.05, 0) is 31.2 Å². The summed E-state index contributed by atoms with van der Waals surface area (Å²) in [6.07, 6.45) is 3.70. The Bertz CT molecular complexity index is 499. The molecule has 0 radical (unpaired) electrons. The summed E-state index contributed by atoms with van der Waals surface area (Å²) in [6.45, 7) is 0. The third kappa shape index (κ3) is 4.86. The number of benzene rings is 1. The molecule has 0 unspecified atom stereocenters. The lowest BCUT2D eigenvalue weighted by molar-refractivity contribution is -0.160. The lowest BCUT2D eigenvalue weighted by atomic mass is 9.99. The van der Waals surface area contributed by atoms with Gasteiger partial charge in [0, 0.05) is 12.0 Å². The largest absolute Gasteiger partial charge is 0.462 e. The highest BCUT2D eigenvalue weighted by atomic mass is 16.5. The molecule has 0 amide bonds.